The lowest BCUT2D eigenvalue weighted by atomic mass is 10.1. The van der Waals surface area contributed by atoms with Crippen molar-refractivity contribution in [3.8, 4) is 0 Å². The SMILES string of the molecule is CN(C)c1ccc(/C=C/C(=O)c2cccc(N(CCO)CCO)c2)cc1. The molecule has 0 aromatic heterocycles. The summed E-state index contributed by atoms with van der Waals surface area (Å²) in [5.74, 6) is -0.0866. The zero-order valence-corrected chi connectivity index (χ0v) is 15.3. The highest BCUT2D eigenvalue weighted by Crippen LogP contribution is 2.18. The smallest absolute Gasteiger partial charge is 0.185 e. The molecule has 0 saturated heterocycles. The summed E-state index contributed by atoms with van der Waals surface area (Å²) < 4.78 is 0. The van der Waals surface area contributed by atoms with Gasteiger partial charge in [0.2, 0.25) is 0 Å². The van der Waals surface area contributed by atoms with Gasteiger partial charge in [-0.05, 0) is 35.9 Å². The van der Waals surface area contributed by atoms with Gasteiger partial charge in [0.25, 0.3) is 0 Å². The Hall–Kier alpha value is -2.63. The third-order valence-electron chi connectivity index (χ3n) is 4.07. The van der Waals surface area contributed by atoms with Crippen LogP contribution in [-0.4, -0.2) is 56.4 Å². The fourth-order valence-corrected chi connectivity index (χ4v) is 2.62. The molecule has 0 unspecified atom stereocenters. The summed E-state index contributed by atoms with van der Waals surface area (Å²) in [4.78, 5) is 16.3. The van der Waals surface area contributed by atoms with E-state index in [4.69, 9.17) is 10.2 Å². The highest BCUT2D eigenvalue weighted by atomic mass is 16.3. The van der Waals surface area contributed by atoms with E-state index in [9.17, 15) is 4.79 Å². The maximum absolute atomic E-state index is 12.5. The lowest BCUT2D eigenvalue weighted by Gasteiger charge is -2.23. The van der Waals surface area contributed by atoms with E-state index >= 15 is 0 Å². The van der Waals surface area contributed by atoms with Gasteiger partial charge in [-0.15, -0.1) is 0 Å². The Balaban J connectivity index is 2.12. The third-order valence-corrected chi connectivity index (χ3v) is 4.07. The number of anilines is 2. The minimum absolute atomic E-state index is 0.0129. The summed E-state index contributed by atoms with van der Waals surface area (Å²) in [7, 11) is 3.97. The van der Waals surface area contributed by atoms with Crippen LogP contribution in [0.1, 0.15) is 15.9 Å². The summed E-state index contributed by atoms with van der Waals surface area (Å²) in [6.45, 7) is 0.792. The van der Waals surface area contributed by atoms with E-state index in [0.717, 1.165) is 16.9 Å². The summed E-state index contributed by atoms with van der Waals surface area (Å²) in [6.07, 6.45) is 3.36. The zero-order chi connectivity index (χ0) is 18.9. The van der Waals surface area contributed by atoms with Gasteiger partial charge >= 0.3 is 0 Å². The number of aliphatic hydroxyl groups is 2. The Morgan fingerprint density at radius 3 is 2.19 bits per heavy atom. The Labute approximate surface area is 154 Å². The molecule has 0 atom stereocenters. The first-order chi connectivity index (χ1) is 12.5. The average molecular weight is 354 g/mol. The molecule has 0 aliphatic heterocycles. The molecule has 0 saturated carbocycles. The quantitative estimate of drug-likeness (QED) is 0.535. The molecule has 0 radical (unpaired) electrons. The van der Waals surface area contributed by atoms with Crippen molar-refractivity contribution in [3.63, 3.8) is 0 Å². The van der Waals surface area contributed by atoms with E-state index < -0.39 is 0 Å². The van der Waals surface area contributed by atoms with E-state index in [1.807, 2.05) is 60.3 Å². The van der Waals surface area contributed by atoms with E-state index in [2.05, 4.69) is 0 Å². The number of carbonyl (C=O) groups is 1. The molecule has 0 spiro atoms. The average Bonchev–Trinajstić information content (AvgIpc) is 2.66. The van der Waals surface area contributed by atoms with Gasteiger partial charge in [0.15, 0.2) is 5.78 Å². The molecule has 5 heteroatoms. The summed E-state index contributed by atoms with van der Waals surface area (Å²) in [5, 5.41) is 18.3. The predicted octanol–water partition coefficient (Wildman–Crippen LogP) is 2.44. The molecule has 2 rings (SSSR count). The lowest BCUT2D eigenvalue weighted by molar-refractivity contribution is 0.104. The van der Waals surface area contributed by atoms with Crippen LogP contribution in [0.15, 0.2) is 54.6 Å². The van der Waals surface area contributed by atoms with E-state index in [1.54, 1.807) is 24.3 Å². The first-order valence-electron chi connectivity index (χ1n) is 8.61. The summed E-state index contributed by atoms with van der Waals surface area (Å²) in [5.41, 5.74) is 3.45. The molecule has 0 amide bonds. The van der Waals surface area contributed by atoms with E-state index in [0.29, 0.717) is 18.7 Å². The Morgan fingerprint density at radius 2 is 1.62 bits per heavy atom. The minimum atomic E-state index is -0.0866. The molecule has 2 aromatic rings. The van der Waals surface area contributed by atoms with Crippen molar-refractivity contribution in [1.29, 1.82) is 0 Å². The van der Waals surface area contributed by atoms with Crippen LogP contribution in [0, 0.1) is 0 Å². The van der Waals surface area contributed by atoms with Crippen LogP contribution in [-0.2, 0) is 0 Å². The molecule has 138 valence electrons. The summed E-state index contributed by atoms with van der Waals surface area (Å²) in [6, 6.07) is 15.2. The highest BCUT2D eigenvalue weighted by molar-refractivity contribution is 6.07. The van der Waals surface area contributed by atoms with E-state index in [-0.39, 0.29) is 19.0 Å². The van der Waals surface area contributed by atoms with Crippen LogP contribution >= 0.6 is 0 Å². The number of carbonyl (C=O) groups excluding carboxylic acids is 1. The topological polar surface area (TPSA) is 64.0 Å². The molecular weight excluding hydrogens is 328 g/mol. The van der Waals surface area contributed by atoms with Gasteiger partial charge in [-0.25, -0.2) is 0 Å². The molecule has 0 heterocycles. The number of allylic oxidation sites excluding steroid dienone is 1. The van der Waals surface area contributed by atoms with Crippen molar-refractivity contribution < 1.29 is 15.0 Å². The molecule has 0 aliphatic carbocycles. The summed E-state index contributed by atoms with van der Waals surface area (Å²) >= 11 is 0. The monoisotopic (exact) mass is 354 g/mol. The van der Waals surface area contributed by atoms with Gasteiger partial charge in [0, 0.05) is 44.1 Å². The zero-order valence-electron chi connectivity index (χ0n) is 15.3. The lowest BCUT2D eigenvalue weighted by Crippen LogP contribution is -2.29. The van der Waals surface area contributed by atoms with E-state index in [1.165, 1.54) is 0 Å². The number of hydrogen-bond donors (Lipinski definition) is 2. The van der Waals surface area contributed by atoms with Gasteiger partial charge in [-0.2, -0.15) is 0 Å². The second-order valence-electron chi connectivity index (χ2n) is 6.17. The van der Waals surface area contributed by atoms with Crippen LogP contribution in [0.3, 0.4) is 0 Å². The standard InChI is InChI=1S/C21H26N2O3/c1-22(2)19-9-6-17(7-10-19)8-11-21(26)18-4-3-5-20(16-18)23(12-14-24)13-15-25/h3-11,16,24-25H,12-15H2,1-2H3/b11-8+. The number of ketones is 1. The Bertz CT molecular complexity index is 733. The number of benzene rings is 2. The maximum Gasteiger partial charge on any atom is 0.185 e. The van der Waals surface area contributed by atoms with Gasteiger partial charge in [0.05, 0.1) is 13.2 Å². The fraction of sp³-hybridized carbons (Fsp3) is 0.286. The van der Waals surface area contributed by atoms with Gasteiger partial charge in [-0.3, -0.25) is 4.79 Å². The van der Waals surface area contributed by atoms with Crippen molar-refractivity contribution in [2.24, 2.45) is 0 Å². The second-order valence-corrected chi connectivity index (χ2v) is 6.17. The number of rotatable bonds is 9. The first-order valence-corrected chi connectivity index (χ1v) is 8.61. The van der Waals surface area contributed by atoms with Gasteiger partial charge in [0.1, 0.15) is 0 Å². The molecule has 2 N–H and O–H groups in total. The van der Waals surface area contributed by atoms with Crippen LogP contribution in [0.4, 0.5) is 11.4 Å². The van der Waals surface area contributed by atoms with Gasteiger partial charge < -0.3 is 20.0 Å². The molecule has 0 fully saturated rings. The van der Waals surface area contributed by atoms with Gasteiger partial charge in [-0.1, -0.05) is 30.3 Å². The number of nitrogens with zero attached hydrogens (tertiary/aromatic N) is 2. The Morgan fingerprint density at radius 1 is 0.962 bits per heavy atom. The third kappa shape index (κ3) is 5.44. The van der Waals surface area contributed by atoms with Crippen LogP contribution in [0.5, 0.6) is 0 Å². The first kappa shape index (κ1) is 19.7. The number of aliphatic hydroxyl groups excluding tert-OH is 2. The molecule has 0 bridgehead atoms. The largest absolute Gasteiger partial charge is 0.395 e. The highest BCUT2D eigenvalue weighted by Gasteiger charge is 2.08. The maximum atomic E-state index is 12.5. The molecule has 0 aliphatic rings. The predicted molar refractivity (Wildman–Crippen MR) is 107 cm³/mol. The minimum Gasteiger partial charge on any atom is -0.395 e. The second kappa shape index (κ2) is 9.75. The molecule has 5 nitrogen and oxygen atoms in total. The molecule has 2 aromatic carbocycles. The van der Waals surface area contributed by atoms with Crippen LogP contribution in [0.25, 0.3) is 6.08 Å². The molecule has 26 heavy (non-hydrogen) atoms. The fourth-order valence-electron chi connectivity index (χ4n) is 2.62. The van der Waals surface area contributed by atoms with Crippen molar-refractivity contribution in [3.05, 3.63) is 65.7 Å². The molecular formula is C21H26N2O3. The van der Waals surface area contributed by atoms with Crippen LogP contribution < -0.4 is 9.80 Å². The normalized spacial score (nSPS) is 10.9. The van der Waals surface area contributed by atoms with Crippen molar-refractivity contribution in [1.82, 2.24) is 0 Å². The number of hydrogen-bond acceptors (Lipinski definition) is 5. The van der Waals surface area contributed by atoms with Crippen molar-refractivity contribution >= 4 is 23.2 Å². The van der Waals surface area contributed by atoms with Crippen molar-refractivity contribution in [2.75, 3.05) is 50.2 Å². The van der Waals surface area contributed by atoms with Crippen molar-refractivity contribution in [2.45, 2.75) is 0 Å². The Kier molecular flexibility index (Phi) is 7.38. The van der Waals surface area contributed by atoms with Crippen LogP contribution in [0.2, 0.25) is 0 Å².